The number of allylic oxidation sites excluding steroid dienone is 2. The maximum Gasteiger partial charge on any atom is 0.308 e. The molecule has 0 aromatic heterocycles. The van der Waals surface area contributed by atoms with Crippen molar-refractivity contribution in [2.45, 2.75) is 46.1 Å². The molecule has 168 valence electrons. The molecule has 0 saturated carbocycles. The summed E-state index contributed by atoms with van der Waals surface area (Å²) in [6.07, 6.45) is 2.24. The van der Waals surface area contributed by atoms with E-state index in [1.165, 1.54) is 13.8 Å². The first-order chi connectivity index (χ1) is 15.3. The van der Waals surface area contributed by atoms with Crippen molar-refractivity contribution in [3.8, 4) is 28.7 Å². The van der Waals surface area contributed by atoms with E-state index in [-0.39, 0.29) is 12.0 Å². The summed E-state index contributed by atoms with van der Waals surface area (Å²) >= 11 is 0. The number of hydrogen-bond acceptors (Lipinski definition) is 7. The van der Waals surface area contributed by atoms with Gasteiger partial charge >= 0.3 is 11.9 Å². The van der Waals surface area contributed by atoms with Crippen molar-refractivity contribution < 1.29 is 33.3 Å². The van der Waals surface area contributed by atoms with Gasteiger partial charge in [-0.15, -0.1) is 0 Å². The van der Waals surface area contributed by atoms with Gasteiger partial charge in [-0.05, 0) is 26.3 Å². The summed E-state index contributed by atoms with van der Waals surface area (Å²) in [6, 6.07) is 7.11. The second-order valence-electron chi connectivity index (χ2n) is 8.13. The smallest absolute Gasteiger partial charge is 0.308 e. The number of benzene rings is 2. The van der Waals surface area contributed by atoms with Crippen LogP contribution in [0.15, 0.2) is 35.9 Å². The van der Waals surface area contributed by atoms with Crippen LogP contribution in [0.25, 0.3) is 0 Å². The minimum absolute atomic E-state index is 0.0475. The minimum atomic E-state index is -0.415. The fourth-order valence-corrected chi connectivity index (χ4v) is 4.19. The quantitative estimate of drug-likeness (QED) is 0.381. The van der Waals surface area contributed by atoms with Gasteiger partial charge in [0.1, 0.15) is 34.9 Å². The van der Waals surface area contributed by atoms with E-state index in [4.69, 9.17) is 23.7 Å². The van der Waals surface area contributed by atoms with Crippen LogP contribution in [0.4, 0.5) is 0 Å². The SMILES string of the molecule is COc1c(CC=C(C)C)c(OC(C)=O)cc2c1C1Oc3cc(OC(C)=O)ccc3C1CO2. The maximum atomic E-state index is 11.7. The van der Waals surface area contributed by atoms with E-state index in [0.717, 1.165) is 22.3 Å². The van der Waals surface area contributed by atoms with Crippen molar-refractivity contribution in [3.05, 3.63) is 52.6 Å². The van der Waals surface area contributed by atoms with Gasteiger partial charge in [-0.3, -0.25) is 9.59 Å². The van der Waals surface area contributed by atoms with Crippen molar-refractivity contribution in [2.24, 2.45) is 0 Å². The third-order valence-corrected chi connectivity index (χ3v) is 5.48. The van der Waals surface area contributed by atoms with Gasteiger partial charge in [0.05, 0.1) is 25.2 Å². The van der Waals surface area contributed by atoms with Gasteiger partial charge in [0.25, 0.3) is 0 Å². The van der Waals surface area contributed by atoms with Crippen molar-refractivity contribution in [1.82, 2.24) is 0 Å². The molecular weight excluding hydrogens is 412 g/mol. The van der Waals surface area contributed by atoms with Gasteiger partial charge in [0, 0.05) is 37.1 Å². The summed E-state index contributed by atoms with van der Waals surface area (Å²) in [6.45, 7) is 7.13. The van der Waals surface area contributed by atoms with Crippen molar-refractivity contribution in [3.63, 3.8) is 0 Å². The maximum absolute atomic E-state index is 11.7. The number of ether oxygens (including phenoxy) is 5. The number of carbonyl (C=O) groups excluding carboxylic acids is 2. The average Bonchev–Trinajstić information content (AvgIpc) is 3.08. The van der Waals surface area contributed by atoms with Crippen LogP contribution in [0.5, 0.6) is 28.7 Å². The molecule has 2 aromatic carbocycles. The van der Waals surface area contributed by atoms with E-state index in [0.29, 0.717) is 41.8 Å². The van der Waals surface area contributed by atoms with E-state index in [2.05, 4.69) is 0 Å². The lowest BCUT2D eigenvalue weighted by Crippen LogP contribution is -2.24. The first kappa shape index (κ1) is 21.7. The largest absolute Gasteiger partial charge is 0.496 e. The molecule has 32 heavy (non-hydrogen) atoms. The zero-order valence-electron chi connectivity index (χ0n) is 18.8. The van der Waals surface area contributed by atoms with Crippen LogP contribution in [0, 0.1) is 0 Å². The van der Waals surface area contributed by atoms with Crippen LogP contribution < -0.4 is 23.7 Å². The number of esters is 2. The Morgan fingerprint density at radius 2 is 1.81 bits per heavy atom. The Morgan fingerprint density at radius 3 is 2.47 bits per heavy atom. The zero-order chi connectivity index (χ0) is 23.0. The minimum Gasteiger partial charge on any atom is -0.496 e. The van der Waals surface area contributed by atoms with Crippen LogP contribution in [0.1, 0.15) is 56.4 Å². The van der Waals surface area contributed by atoms with Crippen LogP contribution >= 0.6 is 0 Å². The molecule has 2 aliphatic heterocycles. The average molecular weight is 438 g/mol. The molecule has 4 rings (SSSR count). The van der Waals surface area contributed by atoms with Gasteiger partial charge in [-0.25, -0.2) is 0 Å². The van der Waals surface area contributed by atoms with Crippen LogP contribution in [0.2, 0.25) is 0 Å². The van der Waals surface area contributed by atoms with Crippen molar-refractivity contribution in [2.75, 3.05) is 13.7 Å². The van der Waals surface area contributed by atoms with Gasteiger partial charge in [0.2, 0.25) is 0 Å². The molecule has 0 N–H and O–H groups in total. The first-order valence-corrected chi connectivity index (χ1v) is 10.5. The zero-order valence-corrected chi connectivity index (χ0v) is 18.8. The third kappa shape index (κ3) is 4.02. The van der Waals surface area contributed by atoms with Gasteiger partial charge in [-0.1, -0.05) is 17.7 Å². The van der Waals surface area contributed by atoms with E-state index >= 15 is 0 Å². The Bertz CT molecular complexity index is 1110. The van der Waals surface area contributed by atoms with Gasteiger partial charge in [-0.2, -0.15) is 0 Å². The van der Waals surface area contributed by atoms with Crippen molar-refractivity contribution in [1.29, 1.82) is 0 Å². The molecule has 2 heterocycles. The molecule has 0 saturated heterocycles. The number of rotatable bonds is 5. The van der Waals surface area contributed by atoms with Crippen LogP contribution in [-0.4, -0.2) is 25.7 Å². The molecule has 2 aliphatic rings. The Hall–Kier alpha value is -3.48. The fraction of sp³-hybridized carbons (Fsp3) is 0.360. The van der Waals surface area contributed by atoms with Crippen LogP contribution in [0.3, 0.4) is 0 Å². The molecule has 7 heteroatoms. The normalized spacial score (nSPS) is 17.7. The summed E-state index contributed by atoms with van der Waals surface area (Å²) in [5.41, 5.74) is 3.65. The predicted molar refractivity (Wildman–Crippen MR) is 117 cm³/mol. The topological polar surface area (TPSA) is 80.3 Å². The first-order valence-electron chi connectivity index (χ1n) is 10.5. The van der Waals surface area contributed by atoms with Crippen LogP contribution in [-0.2, 0) is 16.0 Å². The predicted octanol–water partition coefficient (Wildman–Crippen LogP) is 4.66. The Labute approximate surface area is 186 Å². The van der Waals surface area contributed by atoms with Gasteiger partial charge in [0.15, 0.2) is 0 Å². The molecule has 0 aliphatic carbocycles. The molecule has 0 amide bonds. The molecule has 2 atom stereocenters. The second kappa shape index (κ2) is 8.57. The number of fused-ring (bicyclic) bond motifs is 5. The fourth-order valence-electron chi connectivity index (χ4n) is 4.19. The van der Waals surface area contributed by atoms with E-state index in [1.807, 2.05) is 26.0 Å². The lowest BCUT2D eigenvalue weighted by molar-refractivity contribution is -0.132. The molecule has 0 bridgehead atoms. The van der Waals surface area contributed by atoms with E-state index in [1.54, 1.807) is 25.3 Å². The number of methoxy groups -OCH3 is 1. The highest BCUT2D eigenvalue weighted by molar-refractivity contribution is 5.72. The molecule has 0 spiro atoms. The number of hydrogen-bond donors (Lipinski definition) is 0. The summed E-state index contributed by atoms with van der Waals surface area (Å²) in [5.74, 6) is 1.78. The summed E-state index contributed by atoms with van der Waals surface area (Å²) in [7, 11) is 1.59. The van der Waals surface area contributed by atoms with Crippen molar-refractivity contribution >= 4 is 11.9 Å². The summed E-state index contributed by atoms with van der Waals surface area (Å²) in [5, 5.41) is 0. The lowest BCUT2D eigenvalue weighted by atomic mass is 9.87. The molecule has 2 unspecified atom stereocenters. The van der Waals surface area contributed by atoms with Gasteiger partial charge < -0.3 is 23.7 Å². The Morgan fingerprint density at radius 1 is 1.06 bits per heavy atom. The highest BCUT2D eigenvalue weighted by atomic mass is 16.5. The molecule has 0 fully saturated rings. The molecule has 2 aromatic rings. The Kier molecular flexibility index (Phi) is 5.82. The molecule has 7 nitrogen and oxygen atoms in total. The molecule has 0 radical (unpaired) electrons. The summed E-state index contributed by atoms with van der Waals surface area (Å²) in [4.78, 5) is 23.1. The number of carbonyl (C=O) groups is 2. The summed E-state index contributed by atoms with van der Waals surface area (Å²) < 4.78 is 28.9. The monoisotopic (exact) mass is 438 g/mol. The molecular formula is C25H26O7. The Balaban J connectivity index is 1.80. The van der Waals surface area contributed by atoms with E-state index in [9.17, 15) is 9.59 Å². The van der Waals surface area contributed by atoms with E-state index < -0.39 is 11.9 Å². The standard InChI is InChI=1S/C25H26O7/c1-13(2)6-8-18-21(31-15(4)27)11-22-23(24(18)28-5)25-19(12-29-22)17-9-7-16(30-14(3)26)10-20(17)32-25/h6-7,9-11,19,25H,8,12H2,1-5H3. The third-order valence-electron chi connectivity index (χ3n) is 5.48. The lowest BCUT2D eigenvalue weighted by Gasteiger charge is -2.31. The highest BCUT2D eigenvalue weighted by Gasteiger charge is 2.44. The highest BCUT2D eigenvalue weighted by Crippen LogP contribution is 2.56. The second-order valence-corrected chi connectivity index (χ2v) is 8.13.